The summed E-state index contributed by atoms with van der Waals surface area (Å²) in [5.74, 6) is -0.365. The van der Waals surface area contributed by atoms with Crippen LogP contribution in [0, 0.1) is 0 Å². The van der Waals surface area contributed by atoms with Crippen LogP contribution in [0.5, 0.6) is 0 Å². The van der Waals surface area contributed by atoms with Crippen LogP contribution < -0.4 is 10.6 Å². The van der Waals surface area contributed by atoms with Crippen molar-refractivity contribution in [3.05, 3.63) is 81.3 Å². The third-order valence-corrected chi connectivity index (χ3v) is 6.19. The van der Waals surface area contributed by atoms with Crippen molar-refractivity contribution in [2.24, 2.45) is 0 Å². The standard InChI is InChI=1S/C21H12Cl3N3OS2/c22-12-7-5-11(6-8-12)19(28)27-21(29)26-18-14(9-13(23)10-15(18)24)20-25-16-3-1-2-4-17(16)30-20/h1-10H,(H2,26,27,28,29). The Morgan fingerprint density at radius 1 is 0.967 bits per heavy atom. The van der Waals surface area contributed by atoms with Crippen LogP contribution >= 0.6 is 58.4 Å². The predicted molar refractivity (Wildman–Crippen MR) is 130 cm³/mol. The Balaban J connectivity index is 1.63. The summed E-state index contributed by atoms with van der Waals surface area (Å²) in [6, 6.07) is 17.7. The second-order valence-corrected chi connectivity index (χ2v) is 8.93. The van der Waals surface area contributed by atoms with Crippen molar-refractivity contribution in [3.63, 3.8) is 0 Å². The van der Waals surface area contributed by atoms with Gasteiger partial charge in [-0.05, 0) is 60.7 Å². The molecule has 9 heteroatoms. The van der Waals surface area contributed by atoms with Gasteiger partial charge in [-0.3, -0.25) is 10.1 Å². The van der Waals surface area contributed by atoms with Gasteiger partial charge in [-0.25, -0.2) is 4.98 Å². The van der Waals surface area contributed by atoms with E-state index in [1.54, 1.807) is 36.4 Å². The molecular weight excluding hydrogens is 481 g/mol. The summed E-state index contributed by atoms with van der Waals surface area (Å²) in [6.45, 7) is 0. The monoisotopic (exact) mass is 491 g/mol. The molecule has 4 rings (SSSR count). The van der Waals surface area contributed by atoms with E-state index < -0.39 is 0 Å². The molecule has 4 nitrogen and oxygen atoms in total. The first-order valence-corrected chi connectivity index (χ1v) is 11.0. The Morgan fingerprint density at radius 2 is 1.70 bits per heavy atom. The molecule has 30 heavy (non-hydrogen) atoms. The number of amides is 1. The molecule has 0 bridgehead atoms. The summed E-state index contributed by atoms with van der Waals surface area (Å²) >= 11 is 25.4. The minimum absolute atomic E-state index is 0.0986. The van der Waals surface area contributed by atoms with E-state index in [0.29, 0.717) is 31.9 Å². The van der Waals surface area contributed by atoms with Gasteiger partial charge < -0.3 is 5.32 Å². The van der Waals surface area contributed by atoms with Crippen molar-refractivity contribution in [3.8, 4) is 10.6 Å². The van der Waals surface area contributed by atoms with Crippen LogP contribution in [0.15, 0.2) is 60.7 Å². The first-order valence-electron chi connectivity index (χ1n) is 8.63. The number of halogens is 3. The van der Waals surface area contributed by atoms with Gasteiger partial charge in [0.15, 0.2) is 5.11 Å². The van der Waals surface area contributed by atoms with Crippen LogP contribution in [0.25, 0.3) is 20.8 Å². The summed E-state index contributed by atoms with van der Waals surface area (Å²) in [5, 5.41) is 7.85. The lowest BCUT2D eigenvalue weighted by molar-refractivity contribution is 0.0977. The molecule has 4 aromatic rings. The molecule has 0 radical (unpaired) electrons. The molecule has 1 amide bonds. The molecule has 0 saturated heterocycles. The smallest absolute Gasteiger partial charge is 0.257 e. The summed E-state index contributed by atoms with van der Waals surface area (Å²) in [5.41, 5.74) is 2.51. The van der Waals surface area contributed by atoms with Gasteiger partial charge in [0.25, 0.3) is 5.91 Å². The zero-order chi connectivity index (χ0) is 21.3. The van der Waals surface area contributed by atoms with Crippen molar-refractivity contribution in [1.82, 2.24) is 10.3 Å². The number of benzene rings is 3. The van der Waals surface area contributed by atoms with Crippen molar-refractivity contribution in [2.45, 2.75) is 0 Å². The maximum absolute atomic E-state index is 12.4. The van der Waals surface area contributed by atoms with E-state index >= 15 is 0 Å². The van der Waals surface area contributed by atoms with Gasteiger partial charge in [0, 0.05) is 21.2 Å². The number of aromatic nitrogens is 1. The number of carbonyl (C=O) groups excluding carboxylic acids is 1. The maximum atomic E-state index is 12.4. The first-order chi connectivity index (χ1) is 14.4. The molecule has 150 valence electrons. The molecule has 1 heterocycles. The molecule has 0 fully saturated rings. The third kappa shape index (κ3) is 4.58. The van der Waals surface area contributed by atoms with E-state index in [1.165, 1.54) is 11.3 Å². The number of hydrogen-bond donors (Lipinski definition) is 2. The van der Waals surface area contributed by atoms with Gasteiger partial charge in [0.2, 0.25) is 0 Å². The van der Waals surface area contributed by atoms with Gasteiger partial charge in [-0.15, -0.1) is 11.3 Å². The second kappa shape index (κ2) is 8.88. The molecule has 0 atom stereocenters. The van der Waals surface area contributed by atoms with Crippen LogP contribution in [-0.4, -0.2) is 16.0 Å². The molecule has 3 aromatic carbocycles. The highest BCUT2D eigenvalue weighted by Gasteiger charge is 2.17. The third-order valence-electron chi connectivity index (χ3n) is 4.15. The SMILES string of the molecule is O=C(NC(=S)Nc1c(Cl)cc(Cl)cc1-c1nc2ccccc2s1)c1ccc(Cl)cc1. The lowest BCUT2D eigenvalue weighted by Gasteiger charge is -2.14. The Kier molecular flexibility index (Phi) is 6.22. The number of nitrogens with zero attached hydrogens (tertiary/aromatic N) is 1. The number of thiocarbonyl (C=S) groups is 1. The van der Waals surface area contributed by atoms with Crippen molar-refractivity contribution in [2.75, 3.05) is 5.32 Å². The van der Waals surface area contributed by atoms with Crippen LogP contribution in [-0.2, 0) is 0 Å². The Hall–Kier alpha value is -2.22. The molecule has 2 N–H and O–H groups in total. The minimum Gasteiger partial charge on any atom is -0.331 e. The normalized spacial score (nSPS) is 10.8. The van der Waals surface area contributed by atoms with Gasteiger partial charge in [-0.2, -0.15) is 0 Å². The van der Waals surface area contributed by atoms with Gasteiger partial charge in [0.05, 0.1) is 20.9 Å². The fourth-order valence-electron chi connectivity index (χ4n) is 2.78. The molecule has 0 saturated carbocycles. The summed E-state index contributed by atoms with van der Waals surface area (Å²) in [7, 11) is 0. The van der Waals surface area contributed by atoms with E-state index in [-0.39, 0.29) is 11.0 Å². The minimum atomic E-state index is -0.365. The molecular formula is C21H12Cl3N3OS2. The highest BCUT2D eigenvalue weighted by atomic mass is 35.5. The lowest BCUT2D eigenvalue weighted by atomic mass is 10.2. The average Bonchev–Trinajstić information content (AvgIpc) is 3.14. The number of rotatable bonds is 3. The first kappa shape index (κ1) is 21.0. The van der Waals surface area contributed by atoms with Gasteiger partial charge in [0.1, 0.15) is 5.01 Å². The van der Waals surface area contributed by atoms with Crippen molar-refractivity contribution >= 4 is 85.3 Å². The molecule has 0 unspecified atom stereocenters. The fraction of sp³-hybridized carbons (Fsp3) is 0. The van der Waals surface area contributed by atoms with E-state index in [2.05, 4.69) is 15.6 Å². The topological polar surface area (TPSA) is 54.0 Å². The zero-order valence-corrected chi connectivity index (χ0v) is 19.0. The van der Waals surface area contributed by atoms with Crippen LogP contribution in [0.3, 0.4) is 0 Å². The largest absolute Gasteiger partial charge is 0.331 e. The number of anilines is 1. The lowest BCUT2D eigenvalue weighted by Crippen LogP contribution is -2.34. The summed E-state index contributed by atoms with van der Waals surface area (Å²) in [4.78, 5) is 17.1. The van der Waals surface area contributed by atoms with Gasteiger partial charge in [-0.1, -0.05) is 46.9 Å². The van der Waals surface area contributed by atoms with E-state index in [4.69, 9.17) is 47.0 Å². The number of carbonyl (C=O) groups is 1. The number of fused-ring (bicyclic) bond motifs is 1. The summed E-state index contributed by atoms with van der Waals surface area (Å²) in [6.07, 6.45) is 0. The van der Waals surface area contributed by atoms with Crippen molar-refractivity contribution in [1.29, 1.82) is 0 Å². The van der Waals surface area contributed by atoms with Crippen LogP contribution in [0.4, 0.5) is 5.69 Å². The number of nitrogens with one attached hydrogen (secondary N) is 2. The zero-order valence-electron chi connectivity index (χ0n) is 15.1. The predicted octanol–water partition coefficient (Wildman–Crippen LogP) is 7.05. The van der Waals surface area contributed by atoms with Gasteiger partial charge >= 0.3 is 0 Å². The Bertz CT molecular complexity index is 1240. The van der Waals surface area contributed by atoms with Crippen LogP contribution in [0.2, 0.25) is 15.1 Å². The van der Waals surface area contributed by atoms with E-state index in [9.17, 15) is 4.79 Å². The molecule has 1 aromatic heterocycles. The van der Waals surface area contributed by atoms with Crippen molar-refractivity contribution < 1.29 is 4.79 Å². The quantitative estimate of drug-likeness (QED) is 0.301. The van der Waals surface area contributed by atoms with E-state index in [0.717, 1.165) is 15.2 Å². The molecule has 0 aliphatic heterocycles. The Morgan fingerprint density at radius 3 is 2.43 bits per heavy atom. The fourth-order valence-corrected chi connectivity index (χ4v) is 4.63. The number of hydrogen-bond acceptors (Lipinski definition) is 4. The number of thiazole rings is 1. The maximum Gasteiger partial charge on any atom is 0.257 e. The molecule has 0 spiro atoms. The Labute approximate surface area is 196 Å². The number of para-hydroxylation sites is 1. The summed E-state index contributed by atoms with van der Waals surface area (Å²) < 4.78 is 1.04. The molecule has 0 aliphatic carbocycles. The van der Waals surface area contributed by atoms with Crippen LogP contribution in [0.1, 0.15) is 10.4 Å². The molecule has 0 aliphatic rings. The second-order valence-electron chi connectivity index (χ2n) is 6.21. The van der Waals surface area contributed by atoms with E-state index in [1.807, 2.05) is 24.3 Å². The highest BCUT2D eigenvalue weighted by molar-refractivity contribution is 7.80. The highest BCUT2D eigenvalue weighted by Crippen LogP contribution is 2.40. The average molecular weight is 493 g/mol.